The van der Waals surface area contributed by atoms with Crippen LogP contribution in [0.1, 0.15) is 17.2 Å². The van der Waals surface area contributed by atoms with E-state index in [4.69, 9.17) is 0 Å². The highest BCUT2D eigenvalue weighted by atomic mass is 16.2. The first-order chi connectivity index (χ1) is 11.8. The molecular formula is C19H22N4O. The fraction of sp³-hybridized carbons (Fsp3) is 0.368. The van der Waals surface area contributed by atoms with Crippen LogP contribution in [0.4, 0.5) is 5.69 Å². The molecule has 4 rings (SSSR count). The number of nitrogens with zero attached hydrogens (tertiary/aromatic N) is 3. The normalized spacial score (nSPS) is 20.1. The summed E-state index contributed by atoms with van der Waals surface area (Å²) in [5.41, 5.74) is 3.65. The summed E-state index contributed by atoms with van der Waals surface area (Å²) in [4.78, 5) is 21.4. The molecule has 24 heavy (non-hydrogen) atoms. The number of carbonyl (C=O) groups excluding carboxylic acids is 1. The molecule has 124 valence electrons. The Morgan fingerprint density at radius 2 is 2.12 bits per heavy atom. The van der Waals surface area contributed by atoms with E-state index in [2.05, 4.69) is 39.5 Å². The van der Waals surface area contributed by atoms with Crippen molar-refractivity contribution in [1.82, 2.24) is 15.2 Å². The number of para-hydroxylation sites is 1. The van der Waals surface area contributed by atoms with Crippen LogP contribution in [0.15, 0.2) is 48.8 Å². The highest BCUT2D eigenvalue weighted by Gasteiger charge is 2.30. The molecule has 0 radical (unpaired) electrons. The number of hydrogen-bond acceptors (Lipinski definition) is 4. The third kappa shape index (κ3) is 2.87. The monoisotopic (exact) mass is 322 g/mol. The predicted molar refractivity (Wildman–Crippen MR) is 93.9 cm³/mol. The smallest absolute Gasteiger partial charge is 0.242 e. The minimum absolute atomic E-state index is 0.0674. The van der Waals surface area contributed by atoms with Crippen LogP contribution in [-0.2, 0) is 11.2 Å². The van der Waals surface area contributed by atoms with E-state index >= 15 is 0 Å². The third-order valence-corrected chi connectivity index (χ3v) is 4.94. The van der Waals surface area contributed by atoms with Gasteiger partial charge in [-0.05, 0) is 29.7 Å². The van der Waals surface area contributed by atoms with Gasteiger partial charge in [0.1, 0.15) is 0 Å². The molecule has 2 aliphatic heterocycles. The van der Waals surface area contributed by atoms with E-state index in [1.54, 1.807) is 6.20 Å². The quantitative estimate of drug-likeness (QED) is 0.933. The summed E-state index contributed by atoms with van der Waals surface area (Å²) < 4.78 is 0. The van der Waals surface area contributed by atoms with Gasteiger partial charge in [-0.1, -0.05) is 24.3 Å². The molecule has 5 heteroatoms. The Morgan fingerprint density at radius 3 is 3.00 bits per heavy atom. The Balaban J connectivity index is 1.51. The van der Waals surface area contributed by atoms with Gasteiger partial charge in [-0.3, -0.25) is 9.78 Å². The molecule has 1 N–H and O–H groups in total. The van der Waals surface area contributed by atoms with Crippen molar-refractivity contribution >= 4 is 11.6 Å². The van der Waals surface area contributed by atoms with Gasteiger partial charge >= 0.3 is 0 Å². The van der Waals surface area contributed by atoms with Crippen LogP contribution < -0.4 is 10.2 Å². The van der Waals surface area contributed by atoms with Crippen molar-refractivity contribution in [1.29, 1.82) is 0 Å². The number of amides is 1. The van der Waals surface area contributed by atoms with Crippen LogP contribution in [0.2, 0.25) is 0 Å². The Kier molecular flexibility index (Phi) is 4.17. The molecule has 1 atom stereocenters. The maximum absolute atomic E-state index is 13.0. The van der Waals surface area contributed by atoms with Gasteiger partial charge in [-0.25, -0.2) is 0 Å². The van der Waals surface area contributed by atoms with E-state index in [1.165, 1.54) is 11.3 Å². The summed E-state index contributed by atoms with van der Waals surface area (Å²) in [6, 6.07) is 12.4. The van der Waals surface area contributed by atoms with Crippen LogP contribution >= 0.6 is 0 Å². The highest BCUT2D eigenvalue weighted by Crippen LogP contribution is 2.28. The van der Waals surface area contributed by atoms with Crippen LogP contribution in [-0.4, -0.2) is 48.5 Å². The number of carbonyl (C=O) groups is 1. The third-order valence-electron chi connectivity index (χ3n) is 4.94. The van der Waals surface area contributed by atoms with Crippen LogP contribution in [0.25, 0.3) is 0 Å². The predicted octanol–water partition coefficient (Wildman–Crippen LogP) is 1.62. The maximum atomic E-state index is 13.0. The lowest BCUT2D eigenvalue weighted by atomic mass is 10.1. The SMILES string of the molecule is O=C(CN1CCc2ccccc21)N1CCNCC1c1cccnc1. The molecule has 3 heterocycles. The zero-order chi connectivity index (χ0) is 16.4. The molecule has 0 spiro atoms. The molecular weight excluding hydrogens is 300 g/mol. The van der Waals surface area contributed by atoms with E-state index in [0.29, 0.717) is 6.54 Å². The second kappa shape index (κ2) is 6.61. The van der Waals surface area contributed by atoms with Gasteiger partial charge in [0.05, 0.1) is 12.6 Å². The van der Waals surface area contributed by atoms with Gasteiger partial charge in [-0.2, -0.15) is 0 Å². The number of nitrogens with one attached hydrogen (secondary N) is 1. The fourth-order valence-corrected chi connectivity index (χ4v) is 3.70. The number of fused-ring (bicyclic) bond motifs is 1. The van der Waals surface area contributed by atoms with Crippen molar-refractivity contribution < 1.29 is 4.79 Å². The van der Waals surface area contributed by atoms with Gasteiger partial charge < -0.3 is 15.1 Å². The molecule has 2 aromatic rings. The zero-order valence-electron chi connectivity index (χ0n) is 13.7. The maximum Gasteiger partial charge on any atom is 0.242 e. The highest BCUT2D eigenvalue weighted by molar-refractivity contribution is 5.83. The number of hydrogen-bond donors (Lipinski definition) is 1. The van der Waals surface area contributed by atoms with Crippen molar-refractivity contribution in [2.24, 2.45) is 0 Å². The molecule has 1 unspecified atom stereocenters. The minimum atomic E-state index is 0.0674. The lowest BCUT2D eigenvalue weighted by Gasteiger charge is -2.37. The molecule has 2 aliphatic rings. The summed E-state index contributed by atoms with van der Waals surface area (Å²) in [5.74, 6) is 0.196. The molecule has 1 aromatic carbocycles. The second-order valence-electron chi connectivity index (χ2n) is 6.39. The average Bonchev–Trinajstić information content (AvgIpc) is 3.05. The fourth-order valence-electron chi connectivity index (χ4n) is 3.70. The largest absolute Gasteiger partial charge is 0.362 e. The summed E-state index contributed by atoms with van der Waals surface area (Å²) in [6.07, 6.45) is 4.66. The number of pyridine rings is 1. The van der Waals surface area contributed by atoms with Crippen molar-refractivity contribution in [2.75, 3.05) is 37.6 Å². The number of aromatic nitrogens is 1. The number of anilines is 1. The van der Waals surface area contributed by atoms with E-state index < -0.39 is 0 Å². The van der Waals surface area contributed by atoms with E-state index in [9.17, 15) is 4.79 Å². The van der Waals surface area contributed by atoms with Gasteiger partial charge in [0, 0.05) is 44.3 Å². The Labute approximate surface area is 142 Å². The summed E-state index contributed by atoms with van der Waals surface area (Å²) >= 11 is 0. The first kappa shape index (κ1) is 15.1. The Bertz CT molecular complexity index is 718. The molecule has 0 aliphatic carbocycles. The molecule has 1 aromatic heterocycles. The summed E-state index contributed by atoms with van der Waals surface area (Å²) in [7, 11) is 0. The molecule has 0 bridgehead atoms. The summed E-state index contributed by atoms with van der Waals surface area (Å²) in [6.45, 7) is 3.75. The lowest BCUT2D eigenvalue weighted by molar-refractivity contribution is -0.133. The number of rotatable bonds is 3. The first-order valence-electron chi connectivity index (χ1n) is 8.56. The molecule has 5 nitrogen and oxygen atoms in total. The van der Waals surface area contributed by atoms with Crippen molar-refractivity contribution in [2.45, 2.75) is 12.5 Å². The van der Waals surface area contributed by atoms with Crippen molar-refractivity contribution in [3.63, 3.8) is 0 Å². The Hall–Kier alpha value is -2.40. The Morgan fingerprint density at radius 1 is 1.21 bits per heavy atom. The van der Waals surface area contributed by atoms with Crippen molar-refractivity contribution in [3.8, 4) is 0 Å². The van der Waals surface area contributed by atoms with Gasteiger partial charge in [0.2, 0.25) is 5.91 Å². The molecule has 1 amide bonds. The van der Waals surface area contributed by atoms with E-state index in [1.807, 2.05) is 23.2 Å². The van der Waals surface area contributed by atoms with Gasteiger partial charge in [0.15, 0.2) is 0 Å². The number of benzene rings is 1. The van der Waals surface area contributed by atoms with E-state index in [0.717, 1.165) is 38.2 Å². The molecule has 0 saturated carbocycles. The second-order valence-corrected chi connectivity index (χ2v) is 6.39. The zero-order valence-corrected chi connectivity index (χ0v) is 13.7. The summed E-state index contributed by atoms with van der Waals surface area (Å²) in [5, 5.41) is 3.39. The number of piperazine rings is 1. The first-order valence-corrected chi connectivity index (χ1v) is 8.56. The van der Waals surface area contributed by atoms with Crippen molar-refractivity contribution in [3.05, 3.63) is 59.9 Å². The van der Waals surface area contributed by atoms with Gasteiger partial charge in [-0.15, -0.1) is 0 Å². The average molecular weight is 322 g/mol. The van der Waals surface area contributed by atoms with Crippen LogP contribution in [0, 0.1) is 0 Å². The molecule has 1 fully saturated rings. The van der Waals surface area contributed by atoms with Gasteiger partial charge in [0.25, 0.3) is 0 Å². The topological polar surface area (TPSA) is 48.5 Å². The van der Waals surface area contributed by atoms with Crippen LogP contribution in [0.3, 0.4) is 0 Å². The minimum Gasteiger partial charge on any atom is -0.362 e. The van der Waals surface area contributed by atoms with Crippen LogP contribution in [0.5, 0.6) is 0 Å². The lowest BCUT2D eigenvalue weighted by Crippen LogP contribution is -2.51. The van der Waals surface area contributed by atoms with E-state index in [-0.39, 0.29) is 11.9 Å². The standard InChI is InChI=1S/C19H22N4O/c24-19(14-22-10-7-15-4-1-2-6-17(15)22)23-11-9-21-13-18(23)16-5-3-8-20-12-16/h1-6,8,12,18,21H,7,9-11,13-14H2. The molecule has 1 saturated heterocycles.